The first-order valence-electron chi connectivity index (χ1n) is 9.01. The van der Waals surface area contributed by atoms with Crippen LogP contribution in [0.1, 0.15) is 16.4 Å². The summed E-state index contributed by atoms with van der Waals surface area (Å²) in [6, 6.07) is 18.9. The number of nitrogens with zero attached hydrogens (tertiary/aromatic N) is 4. The molecule has 0 spiro atoms. The van der Waals surface area contributed by atoms with Crippen LogP contribution in [0, 0.1) is 0 Å². The third-order valence-electron chi connectivity index (χ3n) is 4.22. The molecule has 0 aliphatic carbocycles. The fourth-order valence-corrected chi connectivity index (χ4v) is 4.18. The van der Waals surface area contributed by atoms with Crippen LogP contribution in [0.15, 0.2) is 75.8 Å². The van der Waals surface area contributed by atoms with Gasteiger partial charge in [0.15, 0.2) is 12.3 Å². The summed E-state index contributed by atoms with van der Waals surface area (Å²) in [4.78, 5) is 14.7. The van der Waals surface area contributed by atoms with E-state index in [0.717, 1.165) is 15.4 Å². The van der Waals surface area contributed by atoms with Crippen LogP contribution in [0.5, 0.6) is 0 Å². The molecule has 0 fully saturated rings. The van der Waals surface area contributed by atoms with Gasteiger partial charge in [0, 0.05) is 6.07 Å². The number of carbonyl (C=O) groups is 1. The van der Waals surface area contributed by atoms with Crippen molar-refractivity contribution in [3.63, 3.8) is 0 Å². The Morgan fingerprint density at radius 1 is 0.967 bits per heavy atom. The van der Waals surface area contributed by atoms with Crippen molar-refractivity contribution in [3.8, 4) is 27.0 Å². The molecule has 7 nitrogen and oxygen atoms in total. The molecule has 148 valence electrons. The van der Waals surface area contributed by atoms with Crippen molar-refractivity contribution in [1.82, 2.24) is 20.0 Å². The Labute approximate surface area is 179 Å². The summed E-state index contributed by atoms with van der Waals surface area (Å²) in [6.45, 7) is -0.120. The van der Waals surface area contributed by atoms with Gasteiger partial charge in [0.1, 0.15) is 5.69 Å². The smallest absolute Gasteiger partial charge is 0.357 e. The minimum absolute atomic E-state index is 0.120. The van der Waals surface area contributed by atoms with Crippen molar-refractivity contribution in [2.75, 3.05) is 0 Å². The molecule has 0 N–H and O–H groups in total. The topological polar surface area (TPSA) is 83.0 Å². The molecule has 0 radical (unpaired) electrons. The van der Waals surface area contributed by atoms with E-state index < -0.39 is 5.97 Å². The van der Waals surface area contributed by atoms with Gasteiger partial charge in [-0.15, -0.1) is 32.9 Å². The lowest BCUT2D eigenvalue weighted by Gasteiger charge is -2.06. The predicted molar refractivity (Wildman–Crippen MR) is 114 cm³/mol. The highest BCUT2D eigenvalue weighted by Crippen LogP contribution is 2.27. The van der Waals surface area contributed by atoms with Gasteiger partial charge in [0.2, 0.25) is 0 Å². The van der Waals surface area contributed by atoms with Gasteiger partial charge < -0.3 is 9.15 Å². The summed E-state index contributed by atoms with van der Waals surface area (Å²) >= 11 is 3.05. The number of carbonyl (C=O) groups excluding carboxylic acids is 1. The molecule has 0 bridgehead atoms. The monoisotopic (exact) mass is 434 g/mol. The first-order chi connectivity index (χ1) is 14.8. The van der Waals surface area contributed by atoms with Gasteiger partial charge in [0.25, 0.3) is 11.8 Å². The molecular formula is C21H14N4O3S2. The Bertz CT molecular complexity index is 1260. The number of rotatable bonds is 6. The Morgan fingerprint density at radius 2 is 1.73 bits per heavy atom. The van der Waals surface area contributed by atoms with Crippen molar-refractivity contribution in [2.24, 2.45) is 0 Å². The van der Waals surface area contributed by atoms with E-state index in [1.165, 1.54) is 11.3 Å². The quantitative estimate of drug-likeness (QED) is 0.347. The lowest BCUT2D eigenvalue weighted by molar-refractivity contribution is 0.0428. The predicted octanol–water partition coefficient (Wildman–Crippen LogP) is 5.07. The van der Waals surface area contributed by atoms with Crippen LogP contribution in [-0.4, -0.2) is 25.9 Å². The number of thiophene rings is 2. The van der Waals surface area contributed by atoms with E-state index in [1.807, 2.05) is 65.4 Å². The largest absolute Gasteiger partial charge is 0.451 e. The average molecular weight is 435 g/mol. The Morgan fingerprint density at radius 3 is 2.47 bits per heavy atom. The molecule has 9 heteroatoms. The van der Waals surface area contributed by atoms with Gasteiger partial charge in [-0.05, 0) is 35.0 Å². The third kappa shape index (κ3) is 3.68. The highest BCUT2D eigenvalue weighted by atomic mass is 32.1. The number of aromatic nitrogens is 4. The first kappa shape index (κ1) is 18.5. The van der Waals surface area contributed by atoms with Gasteiger partial charge >= 0.3 is 5.97 Å². The SMILES string of the molecule is O=C(OCc1nnc(-c2cccs2)o1)c1cc(-c2cccs2)nn1-c1ccccc1. The standard InChI is InChI=1S/C21H14N4O3S2/c26-21(27-13-19-22-23-20(28-19)18-9-5-11-30-18)16-12-15(17-8-4-10-29-17)24-25(16)14-6-2-1-3-7-14/h1-12H,13H2. The minimum atomic E-state index is -0.523. The molecule has 30 heavy (non-hydrogen) atoms. The van der Waals surface area contributed by atoms with Crippen LogP contribution in [0.4, 0.5) is 0 Å². The normalized spacial score (nSPS) is 10.9. The second kappa shape index (κ2) is 8.05. The number of hydrogen-bond donors (Lipinski definition) is 0. The molecule has 1 aromatic carbocycles. The highest BCUT2D eigenvalue weighted by molar-refractivity contribution is 7.13. The Kier molecular flexibility index (Phi) is 4.96. The van der Waals surface area contributed by atoms with E-state index in [0.29, 0.717) is 17.3 Å². The molecule has 0 atom stereocenters. The van der Waals surface area contributed by atoms with Gasteiger partial charge in [-0.1, -0.05) is 30.3 Å². The van der Waals surface area contributed by atoms with E-state index in [9.17, 15) is 4.79 Å². The molecule has 5 rings (SSSR count). The van der Waals surface area contributed by atoms with Gasteiger partial charge in [-0.3, -0.25) is 0 Å². The summed E-state index contributed by atoms with van der Waals surface area (Å²) < 4.78 is 12.6. The van der Waals surface area contributed by atoms with E-state index in [2.05, 4.69) is 15.3 Å². The molecule has 5 aromatic rings. The highest BCUT2D eigenvalue weighted by Gasteiger charge is 2.20. The average Bonchev–Trinajstić information content (AvgIpc) is 3.57. The first-order valence-corrected chi connectivity index (χ1v) is 10.8. The number of para-hydroxylation sites is 1. The molecule has 4 aromatic heterocycles. The number of benzene rings is 1. The lowest BCUT2D eigenvalue weighted by atomic mass is 10.3. The van der Waals surface area contributed by atoms with Gasteiger partial charge in [-0.25, -0.2) is 9.48 Å². The maximum Gasteiger partial charge on any atom is 0.357 e. The zero-order valence-electron chi connectivity index (χ0n) is 15.5. The van der Waals surface area contributed by atoms with Crippen molar-refractivity contribution in [3.05, 3.63) is 83.0 Å². The second-order valence-corrected chi connectivity index (χ2v) is 8.09. The van der Waals surface area contributed by atoms with Crippen molar-refractivity contribution < 1.29 is 13.9 Å². The molecule has 0 saturated heterocycles. The van der Waals surface area contributed by atoms with E-state index in [1.54, 1.807) is 22.1 Å². The van der Waals surface area contributed by atoms with E-state index >= 15 is 0 Å². The molecule has 0 amide bonds. The van der Waals surface area contributed by atoms with Crippen LogP contribution in [0.3, 0.4) is 0 Å². The van der Waals surface area contributed by atoms with Crippen LogP contribution in [0.25, 0.3) is 27.0 Å². The van der Waals surface area contributed by atoms with E-state index in [4.69, 9.17) is 9.15 Å². The molecule has 0 aliphatic heterocycles. The maximum atomic E-state index is 12.9. The van der Waals surface area contributed by atoms with Crippen LogP contribution < -0.4 is 0 Å². The molecular weight excluding hydrogens is 420 g/mol. The Balaban J connectivity index is 1.39. The fourth-order valence-electron chi connectivity index (χ4n) is 2.85. The van der Waals surface area contributed by atoms with Crippen LogP contribution in [0.2, 0.25) is 0 Å². The minimum Gasteiger partial charge on any atom is -0.451 e. The van der Waals surface area contributed by atoms with Crippen LogP contribution >= 0.6 is 22.7 Å². The number of ether oxygens (including phenoxy) is 1. The number of esters is 1. The third-order valence-corrected chi connectivity index (χ3v) is 5.97. The molecule has 0 unspecified atom stereocenters. The van der Waals surface area contributed by atoms with Crippen molar-refractivity contribution >= 4 is 28.6 Å². The summed E-state index contributed by atoms with van der Waals surface area (Å²) in [5, 5.41) is 16.5. The van der Waals surface area contributed by atoms with E-state index in [-0.39, 0.29) is 12.5 Å². The summed E-state index contributed by atoms with van der Waals surface area (Å²) in [5.41, 5.74) is 1.80. The zero-order chi connectivity index (χ0) is 20.3. The molecule has 4 heterocycles. The lowest BCUT2D eigenvalue weighted by Crippen LogP contribution is -2.12. The Hall–Kier alpha value is -3.56. The number of hydrogen-bond acceptors (Lipinski definition) is 8. The van der Waals surface area contributed by atoms with Crippen molar-refractivity contribution in [2.45, 2.75) is 6.61 Å². The summed E-state index contributed by atoms with van der Waals surface area (Å²) in [7, 11) is 0. The summed E-state index contributed by atoms with van der Waals surface area (Å²) in [5.74, 6) is 0.117. The molecule has 0 aliphatic rings. The summed E-state index contributed by atoms with van der Waals surface area (Å²) in [6.07, 6.45) is 0. The van der Waals surface area contributed by atoms with Crippen LogP contribution in [-0.2, 0) is 11.3 Å². The molecule has 0 saturated carbocycles. The van der Waals surface area contributed by atoms with Gasteiger partial charge in [0.05, 0.1) is 15.4 Å². The fraction of sp³-hybridized carbons (Fsp3) is 0.0476. The maximum absolute atomic E-state index is 12.9. The zero-order valence-corrected chi connectivity index (χ0v) is 17.1. The second-order valence-electron chi connectivity index (χ2n) is 6.19. The van der Waals surface area contributed by atoms with Crippen molar-refractivity contribution in [1.29, 1.82) is 0 Å². The van der Waals surface area contributed by atoms with Gasteiger partial charge in [-0.2, -0.15) is 5.10 Å².